The number of benzene rings is 2. The highest BCUT2D eigenvalue weighted by Crippen LogP contribution is 2.12. The molecule has 24 heavy (non-hydrogen) atoms. The molecule has 0 aromatic heterocycles. The number of hydrogen-bond donors (Lipinski definition) is 2. The van der Waals surface area contributed by atoms with Gasteiger partial charge in [0.1, 0.15) is 0 Å². The van der Waals surface area contributed by atoms with Gasteiger partial charge < -0.3 is 5.73 Å². The summed E-state index contributed by atoms with van der Waals surface area (Å²) in [5.41, 5.74) is 8.44. The largest absolute Gasteiger partial charge is 0.366 e. The molecule has 2 aromatic carbocycles. The van der Waals surface area contributed by atoms with Crippen LogP contribution in [-0.4, -0.2) is 18.9 Å². The topological polar surface area (TPSA) is 97.5 Å². The Bertz CT molecular complexity index is 861. The van der Waals surface area contributed by atoms with E-state index in [1.165, 1.54) is 6.08 Å². The van der Waals surface area contributed by atoms with Crippen LogP contribution < -0.4 is 5.73 Å². The van der Waals surface area contributed by atoms with Crippen LogP contribution in [0.25, 0.3) is 6.08 Å². The van der Waals surface area contributed by atoms with Gasteiger partial charge in [-0.25, -0.2) is 0 Å². The molecule has 128 valence electrons. The molecule has 1 amide bonds. The van der Waals surface area contributed by atoms with Crippen molar-refractivity contribution >= 4 is 33.7 Å². The molecule has 0 saturated heterocycles. The lowest BCUT2D eigenvalue weighted by Gasteiger charge is -2.01. The average molecular weight is 368 g/mol. The van der Waals surface area contributed by atoms with Gasteiger partial charge in [-0.3, -0.25) is 9.35 Å². The van der Waals surface area contributed by atoms with E-state index in [1.807, 2.05) is 26.0 Å². The lowest BCUT2D eigenvalue weighted by Crippen LogP contribution is -2.12. The number of primary amides is 1. The summed E-state index contributed by atoms with van der Waals surface area (Å²) in [5.74, 6) is -0.359. The van der Waals surface area contributed by atoms with Gasteiger partial charge in [0.05, 0.1) is 5.41 Å². The first-order valence-corrected chi connectivity index (χ1v) is 8.75. The van der Waals surface area contributed by atoms with Crippen LogP contribution in [0.2, 0.25) is 5.02 Å². The molecule has 0 spiro atoms. The second kappa shape index (κ2) is 8.63. The quantitative estimate of drug-likeness (QED) is 0.810. The summed E-state index contributed by atoms with van der Waals surface area (Å²) in [6.45, 7) is 3.87. The van der Waals surface area contributed by atoms with Crippen molar-refractivity contribution in [3.05, 3.63) is 75.1 Å². The van der Waals surface area contributed by atoms with Gasteiger partial charge in [0, 0.05) is 10.6 Å². The van der Waals surface area contributed by atoms with Crippen LogP contribution in [0.3, 0.4) is 0 Å². The number of amides is 1. The molecular formula is C17H18ClNO4S. The van der Waals surface area contributed by atoms with Gasteiger partial charge in [0.15, 0.2) is 0 Å². The third-order valence-electron chi connectivity index (χ3n) is 2.93. The summed E-state index contributed by atoms with van der Waals surface area (Å²) in [6, 6.07) is 12.2. The van der Waals surface area contributed by atoms with E-state index in [1.54, 1.807) is 30.3 Å². The van der Waals surface area contributed by atoms with Crippen LogP contribution in [0.1, 0.15) is 27.0 Å². The number of carbonyl (C=O) groups is 1. The molecule has 2 rings (SSSR count). The molecule has 0 fully saturated rings. The van der Waals surface area contributed by atoms with Gasteiger partial charge in [-0.1, -0.05) is 41.4 Å². The summed E-state index contributed by atoms with van der Waals surface area (Å²) >= 11 is 5.65. The number of carbonyl (C=O) groups excluding carboxylic acids is 1. The Morgan fingerprint density at radius 2 is 1.83 bits per heavy atom. The zero-order valence-corrected chi connectivity index (χ0v) is 14.8. The van der Waals surface area contributed by atoms with E-state index in [-0.39, 0.29) is 5.91 Å². The highest BCUT2D eigenvalue weighted by molar-refractivity contribution is 7.88. The minimum atomic E-state index is -4.06. The fourth-order valence-corrected chi connectivity index (χ4v) is 2.39. The Hall–Kier alpha value is -2.15. The third-order valence-corrected chi connectivity index (χ3v) is 3.64. The van der Waals surface area contributed by atoms with Crippen molar-refractivity contribution in [2.45, 2.75) is 13.8 Å². The third kappa shape index (κ3) is 7.41. The van der Waals surface area contributed by atoms with E-state index < -0.39 is 10.1 Å². The maximum Gasteiger partial charge on any atom is 0.287 e. The van der Waals surface area contributed by atoms with Crippen molar-refractivity contribution in [1.29, 1.82) is 0 Å². The highest BCUT2D eigenvalue weighted by atomic mass is 35.5. The van der Waals surface area contributed by atoms with Gasteiger partial charge in [0.25, 0.3) is 10.1 Å². The standard InChI is InChI=1S/C9H11NO.C8H7ClO3S/c1-6-3-4-8(9(10)11)7(2)5-6;9-8-3-1-2-7(6-8)4-5-13(10,11)12/h3-5H,1-2H3,(H2,10,11);1-6H,(H,10,11,12)/b;5-4+. The van der Waals surface area contributed by atoms with Crippen LogP contribution in [0.15, 0.2) is 47.9 Å². The number of rotatable bonds is 3. The van der Waals surface area contributed by atoms with Gasteiger partial charge >= 0.3 is 0 Å². The second-order valence-corrected chi connectivity index (χ2v) is 6.79. The van der Waals surface area contributed by atoms with E-state index in [2.05, 4.69) is 0 Å². The lowest BCUT2D eigenvalue weighted by molar-refractivity contribution is 0.0999. The molecule has 7 heteroatoms. The monoisotopic (exact) mass is 367 g/mol. The van der Waals surface area contributed by atoms with Crippen molar-refractivity contribution in [2.75, 3.05) is 0 Å². The number of halogens is 1. The Labute approximate surface area is 146 Å². The first kappa shape index (κ1) is 19.9. The Morgan fingerprint density at radius 3 is 2.33 bits per heavy atom. The fraction of sp³-hybridized carbons (Fsp3) is 0.118. The molecule has 0 heterocycles. The second-order valence-electron chi connectivity index (χ2n) is 5.06. The smallest absolute Gasteiger partial charge is 0.287 e. The summed E-state index contributed by atoms with van der Waals surface area (Å²) in [4.78, 5) is 10.8. The Kier molecular flexibility index (Phi) is 7.16. The predicted octanol–water partition coefficient (Wildman–Crippen LogP) is 3.60. The van der Waals surface area contributed by atoms with Crippen molar-refractivity contribution in [1.82, 2.24) is 0 Å². The van der Waals surface area contributed by atoms with E-state index in [0.717, 1.165) is 11.1 Å². The first-order chi connectivity index (χ1) is 11.1. The Balaban J connectivity index is 0.000000243. The van der Waals surface area contributed by atoms with E-state index >= 15 is 0 Å². The fourth-order valence-electron chi connectivity index (χ4n) is 1.86. The molecule has 0 atom stereocenters. The molecule has 0 bridgehead atoms. The van der Waals surface area contributed by atoms with Gasteiger partial charge in [-0.15, -0.1) is 0 Å². The van der Waals surface area contributed by atoms with Gasteiger partial charge in [-0.05, 0) is 49.2 Å². The van der Waals surface area contributed by atoms with Crippen molar-refractivity contribution in [2.24, 2.45) is 5.73 Å². The number of aryl methyl sites for hydroxylation is 2. The van der Waals surface area contributed by atoms with Gasteiger partial charge in [0.2, 0.25) is 5.91 Å². The van der Waals surface area contributed by atoms with Crippen LogP contribution in [0, 0.1) is 13.8 Å². The zero-order chi connectivity index (χ0) is 18.3. The molecule has 2 aromatic rings. The molecule has 3 N–H and O–H groups in total. The zero-order valence-electron chi connectivity index (χ0n) is 13.2. The van der Waals surface area contributed by atoms with Crippen molar-refractivity contribution in [3.8, 4) is 0 Å². The van der Waals surface area contributed by atoms with Crippen molar-refractivity contribution in [3.63, 3.8) is 0 Å². The molecule has 0 radical (unpaired) electrons. The normalized spacial score (nSPS) is 11.0. The highest BCUT2D eigenvalue weighted by Gasteiger charge is 2.02. The average Bonchev–Trinajstić information content (AvgIpc) is 2.45. The molecule has 0 saturated carbocycles. The summed E-state index contributed by atoms with van der Waals surface area (Å²) in [6.07, 6.45) is 1.27. The maximum absolute atomic E-state index is 10.8. The van der Waals surface area contributed by atoms with E-state index in [4.69, 9.17) is 21.9 Å². The van der Waals surface area contributed by atoms with E-state index in [9.17, 15) is 13.2 Å². The Morgan fingerprint density at radius 1 is 1.17 bits per heavy atom. The maximum atomic E-state index is 10.8. The molecule has 5 nitrogen and oxygen atoms in total. The molecular weight excluding hydrogens is 350 g/mol. The summed E-state index contributed by atoms with van der Waals surface area (Å²) in [5, 5.41) is 1.22. The van der Waals surface area contributed by atoms with Crippen LogP contribution in [-0.2, 0) is 10.1 Å². The van der Waals surface area contributed by atoms with Gasteiger partial charge in [-0.2, -0.15) is 8.42 Å². The number of nitrogens with two attached hydrogens (primary N) is 1. The first-order valence-electron chi connectivity index (χ1n) is 6.86. The van der Waals surface area contributed by atoms with Crippen LogP contribution in [0.5, 0.6) is 0 Å². The SMILES string of the molecule is Cc1ccc(C(N)=O)c(C)c1.O=S(=O)(O)/C=C/c1cccc(Cl)c1. The lowest BCUT2D eigenvalue weighted by atomic mass is 10.1. The molecule has 0 aliphatic rings. The number of hydrogen-bond acceptors (Lipinski definition) is 3. The molecule has 0 aliphatic carbocycles. The molecule has 0 aliphatic heterocycles. The van der Waals surface area contributed by atoms with Crippen LogP contribution >= 0.6 is 11.6 Å². The summed E-state index contributed by atoms with van der Waals surface area (Å²) < 4.78 is 29.1. The minimum absolute atomic E-state index is 0.359. The van der Waals surface area contributed by atoms with E-state index in [0.29, 0.717) is 21.6 Å². The van der Waals surface area contributed by atoms with Crippen LogP contribution in [0.4, 0.5) is 0 Å². The predicted molar refractivity (Wildman–Crippen MR) is 96.5 cm³/mol. The summed E-state index contributed by atoms with van der Waals surface area (Å²) in [7, 11) is -4.06. The minimum Gasteiger partial charge on any atom is -0.366 e. The molecule has 0 unspecified atom stereocenters. The van der Waals surface area contributed by atoms with Crippen molar-refractivity contribution < 1.29 is 17.8 Å².